The molecule has 0 amide bonds. The van der Waals surface area contributed by atoms with Crippen LogP contribution in [0.15, 0.2) is 20.3 Å². The molecule has 0 bridgehead atoms. The molecule has 0 fully saturated rings. The maximum absolute atomic E-state index is 8.49. The van der Waals surface area contributed by atoms with Gasteiger partial charge in [-0.25, -0.2) is 0 Å². The molecular formula is C10H18N4O2. The Bertz CT molecular complexity index is 309. The van der Waals surface area contributed by atoms with Crippen LogP contribution in [0.4, 0.5) is 0 Å². The predicted octanol–water partition coefficient (Wildman–Crippen LogP) is 1.61. The van der Waals surface area contributed by atoms with E-state index in [9.17, 15) is 0 Å². The highest BCUT2D eigenvalue weighted by Gasteiger charge is 1.97. The first-order chi connectivity index (χ1) is 7.52. The largest absolute Gasteiger partial charge is 0.411 e. The summed E-state index contributed by atoms with van der Waals surface area (Å²) in [6, 6.07) is 0. The zero-order chi connectivity index (χ0) is 12.6. The van der Waals surface area contributed by atoms with E-state index < -0.39 is 0 Å². The first-order valence-electron chi connectivity index (χ1n) is 4.93. The highest BCUT2D eigenvalue weighted by atomic mass is 16.4. The normalized spacial score (nSPS) is 15.5. The maximum atomic E-state index is 8.49. The van der Waals surface area contributed by atoms with Crippen molar-refractivity contribution in [3.05, 3.63) is 0 Å². The van der Waals surface area contributed by atoms with Crippen molar-refractivity contribution in [3.8, 4) is 0 Å². The molecule has 0 atom stereocenters. The van der Waals surface area contributed by atoms with Gasteiger partial charge in [-0.05, 0) is 27.7 Å². The number of hydrogen-bond donors (Lipinski definition) is 2. The maximum Gasteiger partial charge on any atom is 0.0971 e. The minimum atomic E-state index is 0.494. The Balaban J connectivity index is 4.20. The third kappa shape index (κ3) is 5.23. The van der Waals surface area contributed by atoms with Crippen LogP contribution in [-0.4, -0.2) is 46.4 Å². The van der Waals surface area contributed by atoms with Crippen LogP contribution in [-0.2, 0) is 0 Å². The van der Waals surface area contributed by atoms with Gasteiger partial charge in [0, 0.05) is 0 Å². The molecule has 0 aromatic carbocycles. The van der Waals surface area contributed by atoms with Crippen molar-refractivity contribution >= 4 is 22.8 Å². The molecule has 0 aliphatic carbocycles. The van der Waals surface area contributed by atoms with Gasteiger partial charge in [-0.1, -0.05) is 10.3 Å². The van der Waals surface area contributed by atoms with Gasteiger partial charge in [-0.3, -0.25) is 9.98 Å². The SMILES string of the molecule is CC(=NCCN=C(C)/C(C)=N/O)/C(C)=N/O. The van der Waals surface area contributed by atoms with Crippen LogP contribution in [0, 0.1) is 0 Å². The molecule has 6 nitrogen and oxygen atoms in total. The summed E-state index contributed by atoms with van der Waals surface area (Å²) >= 11 is 0. The molecule has 6 heteroatoms. The molecule has 0 aliphatic rings. The summed E-state index contributed by atoms with van der Waals surface area (Å²) in [6.07, 6.45) is 0. The van der Waals surface area contributed by atoms with Gasteiger partial charge in [0.15, 0.2) is 0 Å². The van der Waals surface area contributed by atoms with Crippen LogP contribution in [0.2, 0.25) is 0 Å². The number of rotatable bonds is 5. The number of aliphatic imine (C=N–C) groups is 2. The second-order valence-electron chi connectivity index (χ2n) is 3.31. The highest BCUT2D eigenvalue weighted by molar-refractivity contribution is 6.40. The molecule has 0 heterocycles. The molecule has 0 unspecified atom stereocenters. The van der Waals surface area contributed by atoms with E-state index in [1.54, 1.807) is 27.7 Å². The van der Waals surface area contributed by atoms with Gasteiger partial charge < -0.3 is 10.4 Å². The summed E-state index contributed by atoms with van der Waals surface area (Å²) in [5, 5.41) is 23.1. The van der Waals surface area contributed by atoms with Gasteiger partial charge >= 0.3 is 0 Å². The summed E-state index contributed by atoms with van der Waals surface area (Å²) in [5.74, 6) is 0. The zero-order valence-electron chi connectivity index (χ0n) is 10.1. The van der Waals surface area contributed by atoms with Crippen LogP contribution in [0.25, 0.3) is 0 Å². The third-order valence-electron chi connectivity index (χ3n) is 2.15. The lowest BCUT2D eigenvalue weighted by molar-refractivity contribution is 0.319. The number of nitrogens with zero attached hydrogens (tertiary/aromatic N) is 4. The van der Waals surface area contributed by atoms with E-state index in [2.05, 4.69) is 20.3 Å². The molecule has 0 spiro atoms. The minimum absolute atomic E-state index is 0.494. The van der Waals surface area contributed by atoms with Gasteiger partial charge in [0.1, 0.15) is 0 Å². The van der Waals surface area contributed by atoms with Crippen molar-refractivity contribution in [1.82, 2.24) is 0 Å². The summed E-state index contributed by atoms with van der Waals surface area (Å²) in [6.45, 7) is 7.91. The van der Waals surface area contributed by atoms with Crippen molar-refractivity contribution in [2.24, 2.45) is 20.3 Å². The van der Waals surface area contributed by atoms with E-state index in [0.717, 1.165) is 0 Å². The molecule has 16 heavy (non-hydrogen) atoms. The average molecular weight is 226 g/mol. The molecule has 0 saturated carbocycles. The lowest BCUT2D eigenvalue weighted by atomic mass is 10.3. The van der Waals surface area contributed by atoms with Crippen LogP contribution in [0.5, 0.6) is 0 Å². The number of oxime groups is 2. The van der Waals surface area contributed by atoms with E-state index >= 15 is 0 Å². The molecule has 0 aromatic rings. The fourth-order valence-corrected chi connectivity index (χ4v) is 0.809. The summed E-state index contributed by atoms with van der Waals surface area (Å²) in [5.41, 5.74) is 2.36. The highest BCUT2D eigenvalue weighted by Crippen LogP contribution is 1.87. The molecule has 90 valence electrons. The second-order valence-corrected chi connectivity index (χ2v) is 3.31. The van der Waals surface area contributed by atoms with Gasteiger partial charge in [0.2, 0.25) is 0 Å². The standard InChI is InChI=1S/C10H18N4O2/c1-7(9(3)13-15)11-5-6-12-8(2)10(4)14-16/h15-16H,5-6H2,1-4H3/b11-7?,12-8?,13-9+,14-10+. The van der Waals surface area contributed by atoms with E-state index in [0.29, 0.717) is 35.9 Å². The molecule has 0 aliphatic heterocycles. The molecule has 2 N–H and O–H groups in total. The Morgan fingerprint density at radius 3 is 1.25 bits per heavy atom. The Hall–Kier alpha value is -1.72. The van der Waals surface area contributed by atoms with Crippen LogP contribution >= 0.6 is 0 Å². The lowest BCUT2D eigenvalue weighted by Crippen LogP contribution is -2.09. The van der Waals surface area contributed by atoms with Crippen molar-refractivity contribution in [2.75, 3.05) is 13.1 Å². The minimum Gasteiger partial charge on any atom is -0.411 e. The quantitative estimate of drug-likeness (QED) is 0.323. The van der Waals surface area contributed by atoms with Gasteiger partial charge in [0.05, 0.1) is 35.9 Å². The Labute approximate surface area is 95.1 Å². The molecule has 0 aromatic heterocycles. The summed E-state index contributed by atoms with van der Waals surface area (Å²) < 4.78 is 0. The van der Waals surface area contributed by atoms with E-state index in [1.165, 1.54) is 0 Å². The number of hydrogen-bond acceptors (Lipinski definition) is 6. The molecule has 0 saturated heterocycles. The van der Waals surface area contributed by atoms with Crippen LogP contribution in [0.1, 0.15) is 27.7 Å². The van der Waals surface area contributed by atoms with E-state index in [1.807, 2.05) is 0 Å². The zero-order valence-corrected chi connectivity index (χ0v) is 10.1. The fourth-order valence-electron chi connectivity index (χ4n) is 0.809. The van der Waals surface area contributed by atoms with Gasteiger partial charge in [0.25, 0.3) is 0 Å². The van der Waals surface area contributed by atoms with Crippen molar-refractivity contribution in [1.29, 1.82) is 0 Å². The van der Waals surface area contributed by atoms with Gasteiger partial charge in [-0.15, -0.1) is 0 Å². The first-order valence-corrected chi connectivity index (χ1v) is 4.93. The second kappa shape index (κ2) is 7.56. The van der Waals surface area contributed by atoms with Crippen molar-refractivity contribution in [3.63, 3.8) is 0 Å². The lowest BCUT2D eigenvalue weighted by Gasteiger charge is -1.98. The van der Waals surface area contributed by atoms with E-state index in [-0.39, 0.29) is 0 Å². The predicted molar refractivity (Wildman–Crippen MR) is 65.7 cm³/mol. The Morgan fingerprint density at radius 2 is 1.00 bits per heavy atom. The van der Waals surface area contributed by atoms with Crippen molar-refractivity contribution < 1.29 is 10.4 Å². The Kier molecular flexibility index (Phi) is 6.74. The van der Waals surface area contributed by atoms with Crippen molar-refractivity contribution in [2.45, 2.75) is 27.7 Å². The molecular weight excluding hydrogens is 208 g/mol. The van der Waals surface area contributed by atoms with Crippen LogP contribution in [0.3, 0.4) is 0 Å². The third-order valence-corrected chi connectivity index (χ3v) is 2.15. The monoisotopic (exact) mass is 226 g/mol. The first kappa shape index (κ1) is 14.3. The van der Waals surface area contributed by atoms with Crippen LogP contribution < -0.4 is 0 Å². The van der Waals surface area contributed by atoms with E-state index in [4.69, 9.17) is 10.4 Å². The smallest absolute Gasteiger partial charge is 0.0971 e. The molecule has 0 radical (unpaired) electrons. The summed E-state index contributed by atoms with van der Waals surface area (Å²) in [7, 11) is 0. The fraction of sp³-hybridized carbons (Fsp3) is 0.600. The Morgan fingerprint density at radius 1 is 0.688 bits per heavy atom. The summed E-state index contributed by atoms with van der Waals surface area (Å²) in [4.78, 5) is 8.34. The topological polar surface area (TPSA) is 89.9 Å². The van der Waals surface area contributed by atoms with Gasteiger partial charge in [-0.2, -0.15) is 0 Å². The average Bonchev–Trinajstić information content (AvgIpc) is 2.31. The molecule has 0 rings (SSSR count).